The third-order valence-electron chi connectivity index (χ3n) is 2.82. The predicted octanol–water partition coefficient (Wildman–Crippen LogP) is 3.56. The monoisotopic (exact) mass is 250 g/mol. The molecule has 1 aliphatic carbocycles. The zero-order valence-electron chi connectivity index (χ0n) is 8.01. The van der Waals surface area contributed by atoms with Gasteiger partial charge in [-0.1, -0.05) is 28.9 Å². The van der Waals surface area contributed by atoms with Crippen molar-refractivity contribution in [2.75, 3.05) is 0 Å². The van der Waals surface area contributed by atoms with Crippen molar-refractivity contribution in [2.24, 2.45) is 0 Å². The van der Waals surface area contributed by atoms with E-state index in [-0.39, 0.29) is 0 Å². The van der Waals surface area contributed by atoms with Crippen LogP contribution in [-0.4, -0.2) is 5.94 Å². The molecule has 0 N–H and O–H groups in total. The van der Waals surface area contributed by atoms with Gasteiger partial charge in [0.15, 0.2) is 0 Å². The molecule has 14 heavy (non-hydrogen) atoms. The fourth-order valence-corrected chi connectivity index (χ4v) is 2.34. The van der Waals surface area contributed by atoms with Crippen molar-refractivity contribution in [1.82, 2.24) is 0 Å². The van der Waals surface area contributed by atoms with E-state index in [4.69, 9.17) is 0 Å². The minimum atomic E-state index is 0.551. The van der Waals surface area contributed by atoms with Crippen molar-refractivity contribution >= 4 is 27.4 Å². The number of rotatable bonds is 0. The average molecular weight is 251 g/mol. The fraction of sp³-hybridized carbons (Fsp3) is 0.333. The first-order valence-electron chi connectivity index (χ1n) is 4.76. The summed E-state index contributed by atoms with van der Waals surface area (Å²) in [5.41, 5.74) is 3.17. The number of benzene rings is 1. The second kappa shape index (κ2) is 3.72. The predicted molar refractivity (Wildman–Crippen MR) is 60.9 cm³/mol. The highest BCUT2D eigenvalue weighted by molar-refractivity contribution is 9.10. The van der Waals surface area contributed by atoms with E-state index in [0.29, 0.717) is 5.92 Å². The average Bonchev–Trinajstić information content (AvgIpc) is 2.18. The van der Waals surface area contributed by atoms with Gasteiger partial charge in [-0.25, -0.2) is 4.79 Å². The maximum absolute atomic E-state index is 10.8. The lowest BCUT2D eigenvalue weighted by Crippen LogP contribution is -2.06. The summed E-state index contributed by atoms with van der Waals surface area (Å²) in [5, 5.41) is 0. The first kappa shape index (κ1) is 9.70. The summed E-state index contributed by atoms with van der Waals surface area (Å²) in [5.74, 6) is 2.60. The van der Waals surface area contributed by atoms with Crippen LogP contribution in [0.2, 0.25) is 0 Å². The van der Waals surface area contributed by atoms with Crippen LogP contribution >= 0.6 is 15.9 Å². The Balaban J connectivity index is 2.63. The number of halogens is 1. The van der Waals surface area contributed by atoms with Crippen LogP contribution in [-0.2, 0) is 4.79 Å². The van der Waals surface area contributed by atoms with Crippen molar-refractivity contribution in [3.8, 4) is 0 Å². The van der Waals surface area contributed by atoms with E-state index in [9.17, 15) is 4.79 Å². The third-order valence-corrected chi connectivity index (χ3v) is 3.32. The van der Waals surface area contributed by atoms with E-state index >= 15 is 0 Å². The number of carbonyl (C=O) groups excluding carboxylic acids is 1. The SMILES string of the molecule is CC1CCC(=C=O)c2cc(Br)ccc21. The Labute approximate surface area is 92.0 Å². The highest BCUT2D eigenvalue weighted by Gasteiger charge is 2.20. The zero-order valence-corrected chi connectivity index (χ0v) is 9.60. The van der Waals surface area contributed by atoms with Gasteiger partial charge in [0.05, 0.1) is 0 Å². The van der Waals surface area contributed by atoms with E-state index in [2.05, 4.69) is 34.9 Å². The summed E-state index contributed by atoms with van der Waals surface area (Å²) < 4.78 is 1.03. The van der Waals surface area contributed by atoms with Gasteiger partial charge in [0.2, 0.25) is 0 Å². The van der Waals surface area contributed by atoms with Gasteiger partial charge in [0.1, 0.15) is 5.94 Å². The van der Waals surface area contributed by atoms with E-state index < -0.39 is 0 Å². The molecule has 1 nitrogen and oxygen atoms in total. The lowest BCUT2D eigenvalue weighted by Gasteiger charge is -2.22. The lowest BCUT2D eigenvalue weighted by molar-refractivity contribution is 0.567. The second-order valence-corrected chi connectivity index (χ2v) is 4.67. The normalized spacial score (nSPS) is 20.1. The van der Waals surface area contributed by atoms with Crippen LogP contribution in [0.3, 0.4) is 0 Å². The smallest absolute Gasteiger partial charge is 0.128 e. The summed E-state index contributed by atoms with van der Waals surface area (Å²) in [6.07, 6.45) is 1.91. The van der Waals surface area contributed by atoms with Gasteiger partial charge in [0, 0.05) is 10.0 Å². The van der Waals surface area contributed by atoms with E-state index in [1.165, 1.54) is 5.56 Å². The molecular formula is C12H11BrO. The molecule has 2 rings (SSSR count). The molecule has 1 unspecified atom stereocenters. The second-order valence-electron chi connectivity index (χ2n) is 3.75. The van der Waals surface area contributed by atoms with Crippen LogP contribution in [0, 0.1) is 0 Å². The maximum Gasteiger partial charge on any atom is 0.128 e. The van der Waals surface area contributed by atoms with Crippen molar-refractivity contribution in [2.45, 2.75) is 25.7 Å². The first-order valence-corrected chi connectivity index (χ1v) is 5.55. The Bertz CT molecular complexity index is 416. The molecule has 0 saturated heterocycles. The van der Waals surface area contributed by atoms with Crippen molar-refractivity contribution in [1.29, 1.82) is 0 Å². The number of fused-ring (bicyclic) bond motifs is 1. The van der Waals surface area contributed by atoms with E-state index in [1.807, 2.05) is 12.1 Å². The standard InChI is InChI=1S/C12H11BrO/c1-8-2-3-9(7-14)12-6-10(13)4-5-11(8)12/h4-6,8H,2-3H2,1H3. The third kappa shape index (κ3) is 1.56. The van der Waals surface area contributed by atoms with Gasteiger partial charge < -0.3 is 0 Å². The Kier molecular flexibility index (Phi) is 2.58. The molecule has 0 radical (unpaired) electrons. The van der Waals surface area contributed by atoms with Gasteiger partial charge >= 0.3 is 0 Å². The Hall–Kier alpha value is -0.850. The van der Waals surface area contributed by atoms with E-state index in [0.717, 1.165) is 28.5 Å². The number of hydrogen-bond donors (Lipinski definition) is 0. The molecule has 1 aliphatic rings. The Morgan fingerprint density at radius 2 is 2.29 bits per heavy atom. The van der Waals surface area contributed by atoms with Crippen molar-refractivity contribution < 1.29 is 4.79 Å². The molecule has 0 spiro atoms. The van der Waals surface area contributed by atoms with Crippen LogP contribution in [0.4, 0.5) is 0 Å². The summed E-state index contributed by atoms with van der Waals surface area (Å²) in [6, 6.07) is 6.15. The highest BCUT2D eigenvalue weighted by atomic mass is 79.9. The lowest BCUT2D eigenvalue weighted by atomic mass is 9.81. The summed E-state index contributed by atoms with van der Waals surface area (Å²) in [6.45, 7) is 2.20. The summed E-state index contributed by atoms with van der Waals surface area (Å²) in [7, 11) is 0. The van der Waals surface area contributed by atoms with Gasteiger partial charge in [-0.2, -0.15) is 0 Å². The zero-order chi connectivity index (χ0) is 10.1. The summed E-state index contributed by atoms with van der Waals surface area (Å²) in [4.78, 5) is 10.8. The molecule has 0 heterocycles. The van der Waals surface area contributed by atoms with Gasteiger partial charge in [-0.3, -0.25) is 0 Å². The molecule has 1 aromatic rings. The molecule has 0 amide bonds. The molecule has 0 fully saturated rings. The molecule has 2 heteroatoms. The van der Waals surface area contributed by atoms with Gasteiger partial charge in [0.25, 0.3) is 0 Å². The molecular weight excluding hydrogens is 240 g/mol. The van der Waals surface area contributed by atoms with Crippen LogP contribution in [0.5, 0.6) is 0 Å². The van der Waals surface area contributed by atoms with Crippen LogP contribution in [0.25, 0.3) is 5.57 Å². The van der Waals surface area contributed by atoms with Gasteiger partial charge in [-0.05, 0) is 42.0 Å². The Morgan fingerprint density at radius 1 is 1.50 bits per heavy atom. The molecule has 0 bridgehead atoms. The van der Waals surface area contributed by atoms with Crippen LogP contribution in [0.15, 0.2) is 22.7 Å². The molecule has 1 atom stereocenters. The number of allylic oxidation sites excluding steroid dienone is 1. The largest absolute Gasteiger partial charge is 0.233 e. The van der Waals surface area contributed by atoms with Crippen LogP contribution < -0.4 is 0 Å². The topological polar surface area (TPSA) is 17.1 Å². The molecule has 0 aliphatic heterocycles. The van der Waals surface area contributed by atoms with E-state index in [1.54, 1.807) is 0 Å². The molecule has 1 aromatic carbocycles. The minimum absolute atomic E-state index is 0.551. The minimum Gasteiger partial charge on any atom is -0.233 e. The Morgan fingerprint density at radius 3 is 3.00 bits per heavy atom. The number of hydrogen-bond acceptors (Lipinski definition) is 1. The van der Waals surface area contributed by atoms with Gasteiger partial charge in [-0.15, -0.1) is 0 Å². The highest BCUT2D eigenvalue weighted by Crippen LogP contribution is 2.37. The van der Waals surface area contributed by atoms with Crippen LogP contribution in [0.1, 0.15) is 36.8 Å². The molecule has 0 aromatic heterocycles. The van der Waals surface area contributed by atoms with Crippen molar-refractivity contribution in [3.63, 3.8) is 0 Å². The quantitative estimate of drug-likeness (QED) is 0.644. The first-order chi connectivity index (χ1) is 6.72. The molecule has 72 valence electrons. The fourth-order valence-electron chi connectivity index (χ4n) is 1.98. The maximum atomic E-state index is 10.8. The molecule has 0 saturated carbocycles. The summed E-state index contributed by atoms with van der Waals surface area (Å²) >= 11 is 3.42. The van der Waals surface area contributed by atoms with Crippen molar-refractivity contribution in [3.05, 3.63) is 33.8 Å².